The summed E-state index contributed by atoms with van der Waals surface area (Å²) in [5, 5.41) is 8.02. The predicted molar refractivity (Wildman–Crippen MR) is 140 cm³/mol. The summed E-state index contributed by atoms with van der Waals surface area (Å²) in [6, 6.07) is 5.55. The minimum absolute atomic E-state index is 0.0249. The van der Waals surface area contributed by atoms with Crippen molar-refractivity contribution in [3.8, 4) is 0 Å². The van der Waals surface area contributed by atoms with E-state index in [4.69, 9.17) is 9.97 Å². The fourth-order valence-electron chi connectivity index (χ4n) is 4.40. The van der Waals surface area contributed by atoms with Gasteiger partial charge >= 0.3 is 0 Å². The van der Waals surface area contributed by atoms with E-state index in [1.54, 1.807) is 0 Å². The van der Waals surface area contributed by atoms with Crippen molar-refractivity contribution in [1.29, 1.82) is 0 Å². The Morgan fingerprint density at radius 1 is 1.15 bits per heavy atom. The number of thiophene rings is 1. The van der Waals surface area contributed by atoms with Crippen LogP contribution in [0.2, 0.25) is 0 Å². The Balaban J connectivity index is 1.32. The average Bonchev–Trinajstić information content (AvgIpc) is 3.60. The van der Waals surface area contributed by atoms with Crippen molar-refractivity contribution in [2.24, 2.45) is 5.92 Å². The minimum atomic E-state index is -0.0628. The van der Waals surface area contributed by atoms with Gasteiger partial charge in [0.15, 0.2) is 0 Å². The Hall–Kier alpha value is -2.45. The highest BCUT2D eigenvalue weighted by molar-refractivity contribution is 8.00. The Kier molecular flexibility index (Phi) is 6.62. The number of carbonyl (C=O) groups is 2. The lowest BCUT2D eigenvalue weighted by Gasteiger charge is -2.18. The molecule has 5 rings (SSSR count). The number of thioether (sulfide) groups is 1. The molecule has 2 aromatic heterocycles. The molecule has 1 saturated carbocycles. The molecule has 0 aliphatic heterocycles. The third-order valence-electron chi connectivity index (χ3n) is 6.53. The summed E-state index contributed by atoms with van der Waals surface area (Å²) in [6.45, 7) is 6.07. The number of rotatable bonds is 7. The first-order valence-corrected chi connectivity index (χ1v) is 13.9. The molecule has 2 aliphatic rings. The predicted octanol–water partition coefficient (Wildman–Crippen LogP) is 6.08. The molecule has 2 aliphatic carbocycles. The van der Waals surface area contributed by atoms with Crippen molar-refractivity contribution >= 4 is 56.5 Å². The highest BCUT2D eigenvalue weighted by Crippen LogP contribution is 2.44. The smallest absolute Gasteiger partial charge is 0.234 e. The van der Waals surface area contributed by atoms with Crippen LogP contribution in [0, 0.1) is 12.8 Å². The van der Waals surface area contributed by atoms with Gasteiger partial charge < -0.3 is 10.6 Å². The SMILES string of the molecule is CCC(=O)Nc1ccc(NC(=O)CSc2nc(C3CC3)nc3sc4c(c23)CC[C@@H](C)C4)cc1C. The lowest BCUT2D eigenvalue weighted by atomic mass is 9.89. The number of benzene rings is 1. The first kappa shape index (κ1) is 23.3. The summed E-state index contributed by atoms with van der Waals surface area (Å²) in [5.74, 6) is 2.34. The van der Waals surface area contributed by atoms with E-state index in [2.05, 4.69) is 17.6 Å². The fraction of sp³-hybridized carbons (Fsp3) is 0.462. The van der Waals surface area contributed by atoms with Crippen LogP contribution in [0.25, 0.3) is 10.2 Å². The highest BCUT2D eigenvalue weighted by Gasteiger charge is 2.30. The van der Waals surface area contributed by atoms with Crippen molar-refractivity contribution in [2.75, 3.05) is 16.4 Å². The molecule has 3 aromatic rings. The van der Waals surface area contributed by atoms with Gasteiger partial charge in [0.25, 0.3) is 0 Å². The number of hydrogen-bond donors (Lipinski definition) is 2. The van der Waals surface area contributed by atoms with Crippen LogP contribution in [0.15, 0.2) is 23.2 Å². The number of hydrogen-bond acceptors (Lipinski definition) is 6. The van der Waals surface area contributed by atoms with Gasteiger partial charge in [0.1, 0.15) is 15.7 Å². The van der Waals surface area contributed by atoms with Crippen molar-refractivity contribution in [3.05, 3.63) is 40.0 Å². The van der Waals surface area contributed by atoms with Gasteiger partial charge in [0.05, 0.1) is 5.75 Å². The van der Waals surface area contributed by atoms with Crippen molar-refractivity contribution in [3.63, 3.8) is 0 Å². The van der Waals surface area contributed by atoms with Gasteiger partial charge in [0.2, 0.25) is 11.8 Å². The van der Waals surface area contributed by atoms with E-state index >= 15 is 0 Å². The summed E-state index contributed by atoms with van der Waals surface area (Å²) in [5.41, 5.74) is 3.82. The molecule has 2 amide bonds. The van der Waals surface area contributed by atoms with Crippen LogP contribution < -0.4 is 10.6 Å². The monoisotopic (exact) mass is 494 g/mol. The molecule has 0 radical (unpaired) electrons. The quantitative estimate of drug-likeness (QED) is 0.307. The summed E-state index contributed by atoms with van der Waals surface area (Å²) in [7, 11) is 0. The van der Waals surface area contributed by atoms with E-state index < -0.39 is 0 Å². The van der Waals surface area contributed by atoms with Crippen molar-refractivity contribution in [2.45, 2.75) is 70.2 Å². The number of aryl methyl sites for hydroxylation is 2. The molecule has 0 spiro atoms. The molecule has 6 nitrogen and oxygen atoms in total. The Morgan fingerprint density at radius 3 is 2.71 bits per heavy atom. The molecule has 8 heteroatoms. The van der Waals surface area contributed by atoms with Crippen LogP contribution in [-0.2, 0) is 22.4 Å². The van der Waals surface area contributed by atoms with Gasteiger partial charge in [-0.2, -0.15) is 0 Å². The zero-order chi connectivity index (χ0) is 23.8. The molecule has 0 saturated heterocycles. The molecule has 0 bridgehead atoms. The van der Waals surface area contributed by atoms with E-state index in [1.807, 2.05) is 43.4 Å². The second-order valence-corrected chi connectivity index (χ2v) is 11.5. The maximum atomic E-state index is 12.8. The maximum absolute atomic E-state index is 12.8. The Labute approximate surface area is 208 Å². The molecule has 0 unspecified atom stereocenters. The van der Waals surface area contributed by atoms with Crippen LogP contribution >= 0.6 is 23.1 Å². The standard InChI is InChI=1S/C26H30N4O2S2/c1-4-21(31)28-19-10-8-17(12-15(19)3)27-22(32)13-33-25-23-18-9-5-14(2)11-20(18)34-26(23)30-24(29-25)16-6-7-16/h8,10,12,14,16H,4-7,9,11,13H2,1-3H3,(H,27,32)(H,28,31)/t14-/m1/s1. The topological polar surface area (TPSA) is 84.0 Å². The molecule has 1 atom stereocenters. The van der Waals surface area contributed by atoms with Gasteiger partial charge in [-0.1, -0.05) is 25.6 Å². The number of nitrogens with zero attached hydrogens (tertiary/aromatic N) is 2. The van der Waals surface area contributed by atoms with Gasteiger partial charge in [-0.3, -0.25) is 9.59 Å². The fourth-order valence-corrected chi connectivity index (χ4v) is 6.72. The van der Waals surface area contributed by atoms with Crippen molar-refractivity contribution in [1.82, 2.24) is 9.97 Å². The number of amides is 2. The third-order valence-corrected chi connectivity index (χ3v) is 8.65. The second kappa shape index (κ2) is 9.66. The van der Waals surface area contributed by atoms with Crippen molar-refractivity contribution < 1.29 is 9.59 Å². The highest BCUT2D eigenvalue weighted by atomic mass is 32.2. The molecule has 178 valence electrons. The molecule has 34 heavy (non-hydrogen) atoms. The van der Waals surface area contributed by atoms with E-state index in [1.165, 1.54) is 34.0 Å². The second-order valence-electron chi connectivity index (χ2n) is 9.46. The van der Waals surface area contributed by atoms with E-state index in [0.717, 1.165) is 58.3 Å². The van der Waals surface area contributed by atoms with E-state index in [0.29, 0.717) is 24.0 Å². The first-order valence-electron chi connectivity index (χ1n) is 12.1. The number of carbonyl (C=O) groups excluding carboxylic acids is 2. The van der Waals surface area contributed by atoms with Crippen LogP contribution in [0.3, 0.4) is 0 Å². The van der Waals surface area contributed by atoms with Crippen LogP contribution in [0.1, 0.15) is 67.3 Å². The molecular formula is C26H30N4O2S2. The van der Waals surface area contributed by atoms with Gasteiger partial charge in [-0.25, -0.2) is 9.97 Å². The lowest BCUT2D eigenvalue weighted by Crippen LogP contribution is -2.15. The van der Waals surface area contributed by atoms with Crippen LogP contribution in [0.4, 0.5) is 11.4 Å². The summed E-state index contributed by atoms with van der Waals surface area (Å²) >= 11 is 3.35. The van der Waals surface area contributed by atoms with Gasteiger partial charge in [0, 0.05) is 34.0 Å². The molecule has 1 aromatic carbocycles. The molecule has 2 N–H and O–H groups in total. The van der Waals surface area contributed by atoms with Gasteiger partial charge in [-0.05, 0) is 74.3 Å². The van der Waals surface area contributed by atoms with E-state index in [9.17, 15) is 9.59 Å². The summed E-state index contributed by atoms with van der Waals surface area (Å²) < 4.78 is 0. The number of fused-ring (bicyclic) bond motifs is 3. The molecule has 1 fully saturated rings. The van der Waals surface area contributed by atoms with E-state index in [-0.39, 0.29) is 11.8 Å². The number of nitrogens with one attached hydrogen (secondary N) is 2. The molecular weight excluding hydrogens is 464 g/mol. The zero-order valence-corrected chi connectivity index (χ0v) is 21.5. The normalized spacial score (nSPS) is 17.4. The van der Waals surface area contributed by atoms with Gasteiger partial charge in [-0.15, -0.1) is 11.3 Å². The Bertz CT molecular complexity index is 1270. The summed E-state index contributed by atoms with van der Waals surface area (Å²) in [6.07, 6.45) is 6.14. The summed E-state index contributed by atoms with van der Waals surface area (Å²) in [4.78, 5) is 36.9. The third kappa shape index (κ3) is 4.98. The number of aromatic nitrogens is 2. The largest absolute Gasteiger partial charge is 0.326 e. The van der Waals surface area contributed by atoms with Crippen LogP contribution in [-0.4, -0.2) is 27.5 Å². The lowest BCUT2D eigenvalue weighted by molar-refractivity contribution is -0.116. The minimum Gasteiger partial charge on any atom is -0.326 e. The van der Waals surface area contributed by atoms with Crippen LogP contribution in [0.5, 0.6) is 0 Å². The zero-order valence-electron chi connectivity index (χ0n) is 19.9. The molecule has 2 heterocycles. The first-order chi connectivity index (χ1) is 16.4. The number of anilines is 2. The average molecular weight is 495 g/mol. The maximum Gasteiger partial charge on any atom is 0.234 e. The Morgan fingerprint density at radius 2 is 1.97 bits per heavy atom.